The molecule has 0 saturated heterocycles. The van der Waals surface area contributed by atoms with Crippen LogP contribution in [0.4, 0.5) is 13.2 Å². The van der Waals surface area contributed by atoms with Gasteiger partial charge >= 0.3 is 0 Å². The number of hydrogen-bond acceptors (Lipinski definition) is 4. The maximum absolute atomic E-state index is 13.4. The maximum Gasteiger partial charge on any atom is 0.287 e. The molecule has 2 aromatic carbocycles. The van der Waals surface area contributed by atoms with Crippen molar-refractivity contribution in [2.24, 2.45) is 0 Å². The second kappa shape index (κ2) is 7.57. The lowest BCUT2D eigenvalue weighted by Crippen LogP contribution is -2.21. The van der Waals surface area contributed by atoms with Crippen LogP contribution in [0.2, 0.25) is 0 Å². The first-order valence-electron chi connectivity index (χ1n) is 7.40. The molecule has 0 unspecified atom stereocenters. The Morgan fingerprint density at radius 2 is 1.77 bits per heavy atom. The van der Waals surface area contributed by atoms with Gasteiger partial charge in [0, 0.05) is 24.0 Å². The molecule has 0 aliphatic rings. The van der Waals surface area contributed by atoms with Gasteiger partial charge in [0.25, 0.3) is 5.56 Å². The lowest BCUT2D eigenvalue weighted by molar-refractivity contribution is 0.102. The predicted octanol–water partition coefficient (Wildman–Crippen LogP) is 3.62. The molecule has 26 heavy (non-hydrogen) atoms. The van der Waals surface area contributed by atoms with Crippen molar-refractivity contribution in [1.82, 2.24) is 9.55 Å². The highest BCUT2D eigenvalue weighted by molar-refractivity contribution is 7.99. The summed E-state index contributed by atoms with van der Waals surface area (Å²) in [5.41, 5.74) is -0.103. The first-order valence-corrected chi connectivity index (χ1v) is 8.39. The summed E-state index contributed by atoms with van der Waals surface area (Å²) < 4.78 is 40.4. The average Bonchev–Trinajstić information content (AvgIpc) is 2.63. The molecule has 0 aliphatic carbocycles. The minimum absolute atomic E-state index is 0.0349. The number of carbonyl (C=O) groups excluding carboxylic acids is 1. The minimum atomic E-state index is -1.08. The van der Waals surface area contributed by atoms with E-state index in [0.29, 0.717) is 5.56 Å². The number of benzene rings is 2. The molecule has 0 bridgehead atoms. The van der Waals surface area contributed by atoms with Gasteiger partial charge in [-0.2, -0.15) is 0 Å². The third kappa shape index (κ3) is 3.85. The zero-order chi connectivity index (χ0) is 18.7. The van der Waals surface area contributed by atoms with E-state index in [9.17, 15) is 22.8 Å². The fourth-order valence-corrected chi connectivity index (χ4v) is 2.98. The molecule has 8 heteroatoms. The topological polar surface area (TPSA) is 52.0 Å². The second-order valence-corrected chi connectivity index (χ2v) is 6.19. The van der Waals surface area contributed by atoms with E-state index in [1.54, 1.807) is 0 Å². The van der Waals surface area contributed by atoms with Gasteiger partial charge in [-0.3, -0.25) is 14.2 Å². The third-order valence-electron chi connectivity index (χ3n) is 3.50. The number of Topliss-reactive ketones (excluding diaryl/α,β-unsaturated/α-hetero) is 1. The molecule has 0 fully saturated rings. The Balaban J connectivity index is 1.81. The number of nitrogens with zero attached hydrogens (tertiary/aromatic N) is 2. The molecule has 0 radical (unpaired) electrons. The molecule has 0 amide bonds. The van der Waals surface area contributed by atoms with Gasteiger partial charge in [0.2, 0.25) is 0 Å². The quantitative estimate of drug-likeness (QED) is 0.504. The van der Waals surface area contributed by atoms with Crippen molar-refractivity contribution in [2.45, 2.75) is 5.03 Å². The Kier molecular flexibility index (Phi) is 5.22. The number of hydrogen-bond donors (Lipinski definition) is 0. The monoisotopic (exact) mass is 376 g/mol. The normalized spacial score (nSPS) is 10.7. The van der Waals surface area contributed by atoms with Crippen LogP contribution < -0.4 is 5.56 Å². The van der Waals surface area contributed by atoms with Crippen molar-refractivity contribution in [2.75, 3.05) is 5.75 Å². The third-order valence-corrected chi connectivity index (χ3v) is 4.46. The first kappa shape index (κ1) is 17.9. The maximum atomic E-state index is 13.4. The smallest absolute Gasteiger partial charge is 0.287 e. The van der Waals surface area contributed by atoms with Gasteiger partial charge in [-0.25, -0.2) is 18.2 Å². The first-order chi connectivity index (χ1) is 12.5. The van der Waals surface area contributed by atoms with E-state index in [-0.39, 0.29) is 22.2 Å². The average molecular weight is 376 g/mol. The van der Waals surface area contributed by atoms with Crippen molar-refractivity contribution < 1.29 is 18.0 Å². The second-order valence-electron chi connectivity index (χ2n) is 5.22. The van der Waals surface area contributed by atoms with E-state index in [0.717, 1.165) is 28.5 Å². The number of rotatable bonds is 5. The standard InChI is InChI=1S/C18H11F3N2O2S/c19-12-3-1-11(2-4-12)16(24)10-26-17-18(25)23(8-7-22-17)13-5-6-14(20)15(21)9-13/h1-9H,10H2. The van der Waals surface area contributed by atoms with E-state index < -0.39 is 23.0 Å². The van der Waals surface area contributed by atoms with Gasteiger partial charge in [-0.15, -0.1) is 0 Å². The summed E-state index contributed by atoms with van der Waals surface area (Å²) in [5.74, 6) is -2.91. The van der Waals surface area contributed by atoms with Crippen LogP contribution in [0, 0.1) is 17.5 Å². The number of carbonyl (C=O) groups is 1. The molecule has 0 saturated carbocycles. The zero-order valence-electron chi connectivity index (χ0n) is 13.2. The van der Waals surface area contributed by atoms with Crippen LogP contribution in [0.15, 0.2) is 64.7 Å². The molecule has 0 N–H and O–H groups in total. The summed E-state index contributed by atoms with van der Waals surface area (Å²) in [6, 6.07) is 8.14. The van der Waals surface area contributed by atoms with E-state index in [2.05, 4.69) is 4.98 Å². The van der Waals surface area contributed by atoms with Crippen LogP contribution in [-0.4, -0.2) is 21.1 Å². The Hall–Kier alpha value is -2.87. The van der Waals surface area contributed by atoms with Crippen LogP contribution in [0.1, 0.15) is 10.4 Å². The van der Waals surface area contributed by atoms with E-state index in [1.807, 2.05) is 0 Å². The predicted molar refractivity (Wildman–Crippen MR) is 91.2 cm³/mol. The lowest BCUT2D eigenvalue weighted by Gasteiger charge is -2.07. The molecular weight excluding hydrogens is 365 g/mol. The Bertz CT molecular complexity index is 1020. The van der Waals surface area contributed by atoms with Crippen molar-refractivity contribution in [3.05, 3.63) is 88.2 Å². The number of aromatic nitrogens is 2. The molecular formula is C18H11F3N2O2S. The fourth-order valence-electron chi connectivity index (χ4n) is 2.18. The van der Waals surface area contributed by atoms with E-state index >= 15 is 0 Å². The summed E-state index contributed by atoms with van der Waals surface area (Å²) in [4.78, 5) is 28.5. The number of ketones is 1. The summed E-state index contributed by atoms with van der Waals surface area (Å²) in [7, 11) is 0. The summed E-state index contributed by atoms with van der Waals surface area (Å²) >= 11 is 0.915. The van der Waals surface area contributed by atoms with E-state index in [4.69, 9.17) is 0 Å². The van der Waals surface area contributed by atoms with Crippen molar-refractivity contribution in [1.29, 1.82) is 0 Å². The van der Waals surface area contributed by atoms with Crippen molar-refractivity contribution in [3.8, 4) is 5.69 Å². The highest BCUT2D eigenvalue weighted by atomic mass is 32.2. The van der Waals surface area contributed by atoms with Crippen LogP contribution in [0.3, 0.4) is 0 Å². The molecule has 3 rings (SSSR count). The van der Waals surface area contributed by atoms with Gasteiger partial charge in [-0.05, 0) is 36.4 Å². The molecule has 0 atom stereocenters. The van der Waals surface area contributed by atoms with Gasteiger partial charge in [0.05, 0.1) is 11.4 Å². The fraction of sp³-hybridized carbons (Fsp3) is 0.0556. The summed E-state index contributed by atoms with van der Waals surface area (Å²) in [5, 5.41) is 0.0349. The van der Waals surface area contributed by atoms with Crippen LogP contribution in [-0.2, 0) is 0 Å². The molecule has 132 valence electrons. The van der Waals surface area contributed by atoms with Gasteiger partial charge in [0.15, 0.2) is 22.4 Å². The zero-order valence-corrected chi connectivity index (χ0v) is 14.0. The van der Waals surface area contributed by atoms with Crippen LogP contribution in [0.5, 0.6) is 0 Å². The molecule has 3 aromatic rings. The molecule has 4 nitrogen and oxygen atoms in total. The number of thioether (sulfide) groups is 1. The Morgan fingerprint density at radius 1 is 1.04 bits per heavy atom. The van der Waals surface area contributed by atoms with Crippen LogP contribution in [0.25, 0.3) is 5.69 Å². The van der Waals surface area contributed by atoms with E-state index in [1.165, 1.54) is 42.7 Å². The van der Waals surface area contributed by atoms with Crippen molar-refractivity contribution in [3.63, 3.8) is 0 Å². The number of halogens is 3. The summed E-state index contributed by atoms with van der Waals surface area (Å²) in [6.45, 7) is 0. The van der Waals surface area contributed by atoms with Crippen molar-refractivity contribution >= 4 is 17.5 Å². The Labute approximate surface area is 150 Å². The Morgan fingerprint density at radius 3 is 2.46 bits per heavy atom. The summed E-state index contributed by atoms with van der Waals surface area (Å²) in [6.07, 6.45) is 2.65. The minimum Gasteiger partial charge on any atom is -0.293 e. The molecule has 0 spiro atoms. The molecule has 0 aliphatic heterocycles. The SMILES string of the molecule is O=C(CSc1nccn(-c2ccc(F)c(F)c2)c1=O)c1ccc(F)cc1. The molecule has 1 aromatic heterocycles. The van der Waals surface area contributed by atoms with Gasteiger partial charge in [-0.1, -0.05) is 11.8 Å². The van der Waals surface area contributed by atoms with Gasteiger partial charge < -0.3 is 0 Å². The highest BCUT2D eigenvalue weighted by Gasteiger charge is 2.12. The van der Waals surface area contributed by atoms with Gasteiger partial charge in [0.1, 0.15) is 5.82 Å². The molecule has 1 heterocycles. The highest BCUT2D eigenvalue weighted by Crippen LogP contribution is 2.16. The lowest BCUT2D eigenvalue weighted by atomic mass is 10.1. The largest absolute Gasteiger partial charge is 0.293 e. The van der Waals surface area contributed by atoms with Crippen LogP contribution >= 0.6 is 11.8 Å².